The number of carbonyl (C=O) groups excluding carboxylic acids is 2. The van der Waals surface area contributed by atoms with E-state index in [2.05, 4.69) is 15.6 Å². The molecule has 0 aliphatic carbocycles. The summed E-state index contributed by atoms with van der Waals surface area (Å²) in [6.07, 6.45) is 4.32. The van der Waals surface area contributed by atoms with Crippen molar-refractivity contribution in [3.63, 3.8) is 0 Å². The molecule has 0 bridgehead atoms. The highest BCUT2D eigenvalue weighted by atomic mass is 19.1. The molecule has 2 amide bonds. The molecule has 24 heavy (non-hydrogen) atoms. The Morgan fingerprint density at radius 2 is 2.04 bits per heavy atom. The Hall–Kier alpha value is -2.76. The molecule has 2 N–H and O–H groups in total. The number of aromatic nitrogens is 1. The molecular weight excluding hydrogens is 309 g/mol. The van der Waals surface area contributed by atoms with Crippen molar-refractivity contribution in [3.8, 4) is 0 Å². The Labute approximate surface area is 140 Å². The molecule has 2 aromatic rings. The highest BCUT2D eigenvalue weighted by Gasteiger charge is 2.17. The number of carbonyl (C=O) groups is 2. The number of hydrogen-bond donors (Lipinski definition) is 2. The van der Waals surface area contributed by atoms with Crippen LogP contribution in [0.25, 0.3) is 0 Å². The molecular formula is C18H20FN3O2. The van der Waals surface area contributed by atoms with Crippen LogP contribution in [0.3, 0.4) is 0 Å². The van der Waals surface area contributed by atoms with Gasteiger partial charge in [0.1, 0.15) is 5.82 Å². The van der Waals surface area contributed by atoms with E-state index >= 15 is 0 Å². The maximum Gasteiger partial charge on any atom is 0.313 e. The summed E-state index contributed by atoms with van der Waals surface area (Å²) in [5.74, 6) is -1.72. The van der Waals surface area contributed by atoms with Crippen LogP contribution in [0.5, 0.6) is 0 Å². The fourth-order valence-corrected chi connectivity index (χ4v) is 2.21. The van der Waals surface area contributed by atoms with E-state index in [4.69, 9.17) is 0 Å². The van der Waals surface area contributed by atoms with E-state index in [1.54, 1.807) is 25.3 Å². The van der Waals surface area contributed by atoms with E-state index in [1.165, 1.54) is 18.3 Å². The van der Waals surface area contributed by atoms with Gasteiger partial charge >= 0.3 is 11.8 Å². The van der Waals surface area contributed by atoms with E-state index in [1.807, 2.05) is 13.0 Å². The predicted molar refractivity (Wildman–Crippen MR) is 89.9 cm³/mol. The van der Waals surface area contributed by atoms with Crippen LogP contribution in [0.1, 0.15) is 24.5 Å². The van der Waals surface area contributed by atoms with Crippen molar-refractivity contribution in [1.82, 2.24) is 10.3 Å². The second-order valence-corrected chi connectivity index (χ2v) is 5.69. The van der Waals surface area contributed by atoms with Crippen molar-refractivity contribution in [2.24, 2.45) is 0 Å². The zero-order chi connectivity index (χ0) is 17.5. The maximum absolute atomic E-state index is 13.1. The molecule has 0 spiro atoms. The highest BCUT2D eigenvalue weighted by molar-refractivity contribution is 6.39. The van der Waals surface area contributed by atoms with Gasteiger partial charge in [0.15, 0.2) is 0 Å². The summed E-state index contributed by atoms with van der Waals surface area (Å²) in [5.41, 5.74) is 2.18. The van der Waals surface area contributed by atoms with Crippen LogP contribution in [-0.4, -0.2) is 22.8 Å². The van der Waals surface area contributed by atoms with Gasteiger partial charge in [0.25, 0.3) is 0 Å². The Morgan fingerprint density at radius 3 is 2.75 bits per heavy atom. The second kappa shape index (κ2) is 8.19. The predicted octanol–water partition coefficient (Wildman–Crippen LogP) is 2.61. The van der Waals surface area contributed by atoms with Crippen LogP contribution in [0, 0.1) is 12.7 Å². The lowest BCUT2D eigenvalue weighted by Crippen LogP contribution is -2.40. The van der Waals surface area contributed by atoms with Gasteiger partial charge in [0.05, 0.1) is 11.9 Å². The minimum Gasteiger partial charge on any atom is -0.345 e. The van der Waals surface area contributed by atoms with E-state index < -0.39 is 11.8 Å². The quantitative estimate of drug-likeness (QED) is 0.828. The van der Waals surface area contributed by atoms with Gasteiger partial charge in [0, 0.05) is 12.2 Å². The number of halogens is 1. The van der Waals surface area contributed by atoms with Crippen LogP contribution < -0.4 is 10.6 Å². The summed E-state index contributed by atoms with van der Waals surface area (Å²) in [6, 6.07) is 7.87. The molecule has 2 rings (SSSR count). The van der Waals surface area contributed by atoms with Crippen LogP contribution in [0.4, 0.5) is 10.1 Å². The molecule has 0 fully saturated rings. The smallest absolute Gasteiger partial charge is 0.313 e. The van der Waals surface area contributed by atoms with Crippen molar-refractivity contribution < 1.29 is 14.0 Å². The van der Waals surface area contributed by atoms with Crippen LogP contribution >= 0.6 is 0 Å². The lowest BCUT2D eigenvalue weighted by Gasteiger charge is -2.14. The van der Waals surface area contributed by atoms with Gasteiger partial charge in [-0.1, -0.05) is 12.1 Å². The minimum atomic E-state index is -0.733. The molecule has 0 unspecified atom stereocenters. The average molecular weight is 329 g/mol. The second-order valence-electron chi connectivity index (χ2n) is 5.69. The monoisotopic (exact) mass is 329 g/mol. The van der Waals surface area contributed by atoms with Gasteiger partial charge in [-0.15, -0.1) is 0 Å². The number of benzene rings is 1. The average Bonchev–Trinajstić information content (AvgIpc) is 2.55. The molecule has 0 aliphatic heterocycles. The number of nitrogens with zero attached hydrogens (tertiary/aromatic N) is 1. The van der Waals surface area contributed by atoms with E-state index in [-0.39, 0.29) is 11.9 Å². The van der Waals surface area contributed by atoms with E-state index in [0.29, 0.717) is 18.5 Å². The molecule has 0 saturated heterocycles. The summed E-state index contributed by atoms with van der Waals surface area (Å²) in [4.78, 5) is 27.8. The molecule has 1 aromatic carbocycles. The maximum atomic E-state index is 13.1. The molecule has 126 valence electrons. The SMILES string of the molecule is Cc1ccncc1NC(=O)C(=O)N[C@H](C)CCc1cccc(F)c1. The van der Waals surface area contributed by atoms with Crippen LogP contribution in [-0.2, 0) is 16.0 Å². The highest BCUT2D eigenvalue weighted by Crippen LogP contribution is 2.11. The van der Waals surface area contributed by atoms with Gasteiger partial charge in [-0.3, -0.25) is 14.6 Å². The van der Waals surface area contributed by atoms with Gasteiger partial charge in [-0.2, -0.15) is 0 Å². The molecule has 0 radical (unpaired) electrons. The first kappa shape index (κ1) is 17.6. The Balaban J connectivity index is 1.82. The summed E-state index contributed by atoms with van der Waals surface area (Å²) in [7, 11) is 0. The first-order valence-corrected chi connectivity index (χ1v) is 7.72. The number of amides is 2. The van der Waals surface area contributed by atoms with Crippen molar-refractivity contribution in [2.75, 3.05) is 5.32 Å². The van der Waals surface area contributed by atoms with Crippen LogP contribution in [0.2, 0.25) is 0 Å². The van der Waals surface area contributed by atoms with Gasteiger partial charge in [-0.05, 0) is 56.0 Å². The first-order valence-electron chi connectivity index (χ1n) is 7.72. The van der Waals surface area contributed by atoms with Gasteiger partial charge in [-0.25, -0.2) is 4.39 Å². The third-order valence-corrected chi connectivity index (χ3v) is 3.63. The van der Waals surface area contributed by atoms with Crippen LogP contribution in [0.15, 0.2) is 42.7 Å². The standard InChI is InChI=1S/C18H20FN3O2/c1-12-8-9-20-11-16(12)22-18(24)17(23)21-13(2)6-7-14-4-3-5-15(19)10-14/h3-5,8-11,13H,6-7H2,1-2H3,(H,21,23)(H,22,24)/t13-/m1/s1. The summed E-state index contributed by atoms with van der Waals surface area (Å²) in [6.45, 7) is 3.62. The fraction of sp³-hybridized carbons (Fsp3) is 0.278. The van der Waals surface area contributed by atoms with Crippen molar-refractivity contribution >= 4 is 17.5 Å². The van der Waals surface area contributed by atoms with Crippen molar-refractivity contribution in [1.29, 1.82) is 0 Å². The van der Waals surface area contributed by atoms with Gasteiger partial charge in [0.2, 0.25) is 0 Å². The van der Waals surface area contributed by atoms with Crippen molar-refractivity contribution in [2.45, 2.75) is 32.7 Å². The zero-order valence-electron chi connectivity index (χ0n) is 13.7. The topological polar surface area (TPSA) is 71.1 Å². The Bertz CT molecular complexity index is 734. The molecule has 0 saturated carbocycles. The molecule has 1 atom stereocenters. The normalized spacial score (nSPS) is 11.6. The summed E-state index contributed by atoms with van der Waals surface area (Å²) in [5, 5.41) is 5.17. The van der Waals surface area contributed by atoms with Crippen molar-refractivity contribution in [3.05, 3.63) is 59.7 Å². The number of aryl methyl sites for hydroxylation is 2. The third-order valence-electron chi connectivity index (χ3n) is 3.63. The molecule has 1 aromatic heterocycles. The lowest BCUT2D eigenvalue weighted by atomic mass is 10.1. The largest absolute Gasteiger partial charge is 0.345 e. The zero-order valence-corrected chi connectivity index (χ0v) is 13.7. The molecule has 0 aliphatic rings. The number of anilines is 1. The van der Waals surface area contributed by atoms with E-state index in [9.17, 15) is 14.0 Å². The summed E-state index contributed by atoms with van der Waals surface area (Å²) < 4.78 is 13.1. The number of hydrogen-bond acceptors (Lipinski definition) is 3. The fourth-order valence-electron chi connectivity index (χ4n) is 2.21. The molecule has 1 heterocycles. The number of nitrogens with one attached hydrogen (secondary N) is 2. The summed E-state index contributed by atoms with van der Waals surface area (Å²) >= 11 is 0. The lowest BCUT2D eigenvalue weighted by molar-refractivity contribution is -0.136. The van der Waals surface area contributed by atoms with E-state index in [0.717, 1.165) is 11.1 Å². The first-order chi connectivity index (χ1) is 11.5. The number of rotatable bonds is 5. The van der Waals surface area contributed by atoms with Gasteiger partial charge < -0.3 is 10.6 Å². The molecule has 6 heteroatoms. The Morgan fingerprint density at radius 1 is 1.25 bits per heavy atom. The Kier molecular flexibility index (Phi) is 6.01. The minimum absolute atomic E-state index is 0.207. The third kappa shape index (κ3) is 5.15. The molecule has 5 nitrogen and oxygen atoms in total. The number of pyridine rings is 1.